The van der Waals surface area contributed by atoms with Crippen molar-refractivity contribution in [3.8, 4) is 0 Å². The van der Waals surface area contributed by atoms with Gasteiger partial charge < -0.3 is 10.6 Å². The Morgan fingerprint density at radius 2 is 1.68 bits per heavy atom. The van der Waals surface area contributed by atoms with E-state index in [1.165, 1.54) is 6.33 Å². The Morgan fingerprint density at radius 3 is 2.36 bits per heavy atom. The average molecular weight is 353 g/mol. The molecular weight excluding hydrogens is 336 g/mol. The molecule has 2 aromatic carbocycles. The Bertz CT molecular complexity index is 910. The highest BCUT2D eigenvalue weighted by Gasteiger charge is 2.05. The van der Waals surface area contributed by atoms with Crippen molar-refractivity contribution in [3.05, 3.63) is 71.0 Å². The van der Waals surface area contributed by atoms with E-state index in [4.69, 9.17) is 11.6 Å². The molecule has 0 saturated carbocycles. The number of ketones is 1. The molecule has 6 heteroatoms. The highest BCUT2D eigenvalue weighted by atomic mass is 35.5. The van der Waals surface area contributed by atoms with E-state index in [-0.39, 0.29) is 5.78 Å². The van der Waals surface area contributed by atoms with E-state index in [0.29, 0.717) is 22.2 Å². The van der Waals surface area contributed by atoms with Crippen LogP contribution in [0.25, 0.3) is 0 Å². The number of anilines is 4. The molecule has 3 rings (SSSR count). The van der Waals surface area contributed by atoms with Gasteiger partial charge in [-0.3, -0.25) is 4.79 Å². The molecule has 0 spiro atoms. The van der Waals surface area contributed by atoms with Crippen molar-refractivity contribution in [1.82, 2.24) is 9.97 Å². The molecule has 0 unspecified atom stereocenters. The third-order valence-electron chi connectivity index (χ3n) is 3.76. The molecule has 1 heterocycles. The predicted octanol–water partition coefficient (Wildman–Crippen LogP) is 5.13. The second kappa shape index (κ2) is 7.32. The zero-order valence-electron chi connectivity index (χ0n) is 13.9. The standard InChI is InChI=1S/C19H17ClN4O/c1-12-16(20)4-3-5-17(12)24-19-10-18(21-11-22-19)23-15-8-6-14(7-9-15)13(2)25/h3-11H,1-2H3,(H2,21,22,23,24). The van der Waals surface area contributed by atoms with Crippen molar-refractivity contribution < 1.29 is 4.79 Å². The van der Waals surface area contributed by atoms with Crippen molar-refractivity contribution in [1.29, 1.82) is 0 Å². The zero-order chi connectivity index (χ0) is 17.8. The highest BCUT2D eigenvalue weighted by molar-refractivity contribution is 6.31. The first-order valence-electron chi connectivity index (χ1n) is 7.75. The fourth-order valence-corrected chi connectivity index (χ4v) is 2.49. The van der Waals surface area contributed by atoms with Gasteiger partial charge in [0.25, 0.3) is 0 Å². The van der Waals surface area contributed by atoms with Crippen molar-refractivity contribution in [2.75, 3.05) is 10.6 Å². The summed E-state index contributed by atoms with van der Waals surface area (Å²) < 4.78 is 0. The van der Waals surface area contributed by atoms with Crippen LogP contribution in [-0.4, -0.2) is 15.8 Å². The molecule has 25 heavy (non-hydrogen) atoms. The summed E-state index contributed by atoms with van der Waals surface area (Å²) in [5.41, 5.74) is 3.36. The number of hydrogen-bond acceptors (Lipinski definition) is 5. The lowest BCUT2D eigenvalue weighted by Gasteiger charge is -2.11. The lowest BCUT2D eigenvalue weighted by atomic mass is 10.1. The molecule has 0 radical (unpaired) electrons. The van der Waals surface area contributed by atoms with Gasteiger partial charge in [0.1, 0.15) is 18.0 Å². The Hall–Kier alpha value is -2.92. The smallest absolute Gasteiger partial charge is 0.159 e. The van der Waals surface area contributed by atoms with Gasteiger partial charge in [-0.05, 0) is 55.8 Å². The third kappa shape index (κ3) is 4.14. The van der Waals surface area contributed by atoms with Crippen molar-refractivity contribution in [2.24, 2.45) is 0 Å². The summed E-state index contributed by atoms with van der Waals surface area (Å²) in [6.07, 6.45) is 1.48. The maximum absolute atomic E-state index is 11.3. The molecule has 1 aromatic heterocycles. The molecule has 0 aliphatic heterocycles. The Morgan fingerprint density at radius 1 is 1.00 bits per heavy atom. The summed E-state index contributed by atoms with van der Waals surface area (Å²) in [4.78, 5) is 19.8. The number of benzene rings is 2. The summed E-state index contributed by atoms with van der Waals surface area (Å²) in [7, 11) is 0. The van der Waals surface area contributed by atoms with Crippen LogP contribution in [0.5, 0.6) is 0 Å². The zero-order valence-corrected chi connectivity index (χ0v) is 14.6. The molecule has 0 aliphatic rings. The van der Waals surface area contributed by atoms with Crippen LogP contribution in [0.4, 0.5) is 23.0 Å². The first kappa shape index (κ1) is 16.9. The van der Waals surface area contributed by atoms with Gasteiger partial charge in [-0.2, -0.15) is 0 Å². The quantitative estimate of drug-likeness (QED) is 0.623. The number of carbonyl (C=O) groups excluding carboxylic acids is 1. The molecule has 0 saturated heterocycles. The topological polar surface area (TPSA) is 66.9 Å². The van der Waals surface area contributed by atoms with Crippen LogP contribution in [-0.2, 0) is 0 Å². The van der Waals surface area contributed by atoms with E-state index >= 15 is 0 Å². The summed E-state index contributed by atoms with van der Waals surface area (Å²) in [5.74, 6) is 1.34. The molecule has 5 nitrogen and oxygen atoms in total. The SMILES string of the molecule is CC(=O)c1ccc(Nc2cc(Nc3cccc(Cl)c3C)ncn2)cc1. The van der Waals surface area contributed by atoms with E-state index in [0.717, 1.165) is 16.9 Å². The van der Waals surface area contributed by atoms with Crippen LogP contribution in [0.15, 0.2) is 54.9 Å². The third-order valence-corrected chi connectivity index (χ3v) is 4.17. The van der Waals surface area contributed by atoms with E-state index in [1.807, 2.05) is 37.3 Å². The van der Waals surface area contributed by atoms with Gasteiger partial charge in [-0.25, -0.2) is 9.97 Å². The maximum atomic E-state index is 11.3. The van der Waals surface area contributed by atoms with Gasteiger partial charge in [0, 0.05) is 28.0 Å². The molecule has 0 bridgehead atoms. The van der Waals surface area contributed by atoms with E-state index < -0.39 is 0 Å². The maximum Gasteiger partial charge on any atom is 0.159 e. The molecule has 0 aliphatic carbocycles. The molecular formula is C19H17ClN4O. The van der Waals surface area contributed by atoms with Crippen LogP contribution in [0.2, 0.25) is 5.02 Å². The van der Waals surface area contributed by atoms with Gasteiger partial charge in [0.05, 0.1) is 0 Å². The minimum absolute atomic E-state index is 0.0389. The lowest BCUT2D eigenvalue weighted by molar-refractivity contribution is 0.101. The fourth-order valence-electron chi connectivity index (χ4n) is 2.31. The normalized spacial score (nSPS) is 10.4. The summed E-state index contributed by atoms with van der Waals surface area (Å²) in [6, 6.07) is 14.7. The van der Waals surface area contributed by atoms with E-state index in [2.05, 4.69) is 20.6 Å². The largest absolute Gasteiger partial charge is 0.340 e. The van der Waals surface area contributed by atoms with Crippen LogP contribution < -0.4 is 10.6 Å². The second-order valence-electron chi connectivity index (χ2n) is 5.58. The molecule has 126 valence electrons. The fraction of sp³-hybridized carbons (Fsp3) is 0.105. The number of nitrogens with one attached hydrogen (secondary N) is 2. The van der Waals surface area contributed by atoms with Gasteiger partial charge in [-0.1, -0.05) is 17.7 Å². The van der Waals surface area contributed by atoms with E-state index in [9.17, 15) is 4.79 Å². The molecule has 0 atom stereocenters. The van der Waals surface area contributed by atoms with Crippen LogP contribution in [0, 0.1) is 6.92 Å². The molecule has 0 fully saturated rings. The molecule has 3 aromatic rings. The molecule has 0 amide bonds. The minimum Gasteiger partial charge on any atom is -0.340 e. The highest BCUT2D eigenvalue weighted by Crippen LogP contribution is 2.26. The van der Waals surface area contributed by atoms with Gasteiger partial charge in [-0.15, -0.1) is 0 Å². The number of carbonyl (C=O) groups is 1. The second-order valence-corrected chi connectivity index (χ2v) is 5.99. The van der Waals surface area contributed by atoms with Gasteiger partial charge in [0.15, 0.2) is 5.78 Å². The first-order chi connectivity index (χ1) is 12.0. The summed E-state index contributed by atoms with van der Waals surface area (Å²) in [6.45, 7) is 3.49. The number of aromatic nitrogens is 2. The predicted molar refractivity (Wildman–Crippen MR) is 101 cm³/mol. The monoisotopic (exact) mass is 352 g/mol. The number of Topliss-reactive ketones (excluding diaryl/α,β-unsaturated/α-hetero) is 1. The summed E-state index contributed by atoms with van der Waals surface area (Å²) in [5, 5.41) is 7.13. The van der Waals surface area contributed by atoms with Crippen molar-refractivity contribution in [2.45, 2.75) is 13.8 Å². The van der Waals surface area contributed by atoms with E-state index in [1.54, 1.807) is 25.1 Å². The Kier molecular flexibility index (Phi) is 4.95. The Balaban J connectivity index is 1.77. The number of halogens is 1. The molecule has 2 N–H and O–H groups in total. The minimum atomic E-state index is 0.0389. The van der Waals surface area contributed by atoms with Crippen molar-refractivity contribution in [3.63, 3.8) is 0 Å². The summed E-state index contributed by atoms with van der Waals surface area (Å²) >= 11 is 6.14. The van der Waals surface area contributed by atoms with Gasteiger partial charge in [0.2, 0.25) is 0 Å². The van der Waals surface area contributed by atoms with Crippen molar-refractivity contribution >= 4 is 40.4 Å². The Labute approximate surface area is 151 Å². The van der Waals surface area contributed by atoms with Crippen LogP contribution in [0.1, 0.15) is 22.8 Å². The van der Waals surface area contributed by atoms with Crippen LogP contribution >= 0.6 is 11.6 Å². The lowest BCUT2D eigenvalue weighted by Crippen LogP contribution is -2.00. The van der Waals surface area contributed by atoms with Crippen LogP contribution in [0.3, 0.4) is 0 Å². The first-order valence-corrected chi connectivity index (χ1v) is 8.13. The number of nitrogens with zero attached hydrogens (tertiary/aromatic N) is 2. The van der Waals surface area contributed by atoms with Gasteiger partial charge >= 0.3 is 0 Å². The number of hydrogen-bond donors (Lipinski definition) is 2. The number of rotatable bonds is 5. The average Bonchev–Trinajstić information content (AvgIpc) is 2.60.